The lowest BCUT2D eigenvalue weighted by Crippen LogP contribution is -1.96. The molecule has 0 aromatic carbocycles. The molecule has 3 aromatic rings. The van der Waals surface area contributed by atoms with Crippen molar-refractivity contribution in [2.75, 3.05) is 5.32 Å². The van der Waals surface area contributed by atoms with Gasteiger partial charge in [0.25, 0.3) is 0 Å². The van der Waals surface area contributed by atoms with Crippen molar-refractivity contribution >= 4 is 22.7 Å². The van der Waals surface area contributed by atoms with Gasteiger partial charge in [-0.2, -0.15) is 10.1 Å². The zero-order valence-electron chi connectivity index (χ0n) is 9.18. The number of anilines is 2. The van der Waals surface area contributed by atoms with Crippen LogP contribution in [0.5, 0.6) is 0 Å². The second kappa shape index (κ2) is 3.82. The molecule has 0 atom stereocenters. The second-order valence-electron chi connectivity index (χ2n) is 3.64. The Kier molecular flexibility index (Phi) is 2.18. The predicted octanol–water partition coefficient (Wildman–Crippen LogP) is 1.80. The number of aryl methyl sites for hydroxylation is 1. The molecule has 3 heterocycles. The molecule has 0 fully saturated rings. The summed E-state index contributed by atoms with van der Waals surface area (Å²) in [7, 11) is 0. The highest BCUT2D eigenvalue weighted by atomic mass is 15.2. The molecule has 3 rings (SSSR count). The lowest BCUT2D eigenvalue weighted by atomic mass is 10.3. The van der Waals surface area contributed by atoms with Crippen LogP contribution in [0.1, 0.15) is 5.69 Å². The van der Waals surface area contributed by atoms with Crippen LogP contribution in [0, 0.1) is 6.92 Å². The van der Waals surface area contributed by atoms with Gasteiger partial charge in [0.2, 0.25) is 5.95 Å². The Hall–Kier alpha value is -2.50. The molecule has 0 bridgehead atoms. The Bertz CT molecular complexity index is 645. The Morgan fingerprint density at radius 1 is 1.24 bits per heavy atom. The summed E-state index contributed by atoms with van der Waals surface area (Å²) in [5.74, 6) is 0.523. The van der Waals surface area contributed by atoms with Crippen molar-refractivity contribution < 1.29 is 0 Å². The van der Waals surface area contributed by atoms with Crippen LogP contribution >= 0.6 is 0 Å². The van der Waals surface area contributed by atoms with Crippen molar-refractivity contribution in [2.24, 2.45) is 0 Å². The highest BCUT2D eigenvalue weighted by molar-refractivity contribution is 5.77. The number of H-pyrrole nitrogens is 1. The predicted molar refractivity (Wildman–Crippen MR) is 63.9 cm³/mol. The lowest BCUT2D eigenvalue weighted by molar-refractivity contribution is 1.05. The van der Waals surface area contributed by atoms with E-state index >= 15 is 0 Å². The molecule has 0 aliphatic rings. The van der Waals surface area contributed by atoms with E-state index in [1.807, 2.05) is 19.1 Å². The van der Waals surface area contributed by atoms with Crippen LogP contribution in [0.25, 0.3) is 11.0 Å². The minimum Gasteiger partial charge on any atom is -0.324 e. The molecule has 0 aliphatic heterocycles. The maximum atomic E-state index is 4.31. The zero-order valence-corrected chi connectivity index (χ0v) is 9.18. The van der Waals surface area contributed by atoms with Crippen LogP contribution in [0.2, 0.25) is 0 Å². The van der Waals surface area contributed by atoms with Crippen LogP contribution < -0.4 is 5.32 Å². The Morgan fingerprint density at radius 2 is 2.06 bits per heavy atom. The van der Waals surface area contributed by atoms with Crippen LogP contribution in [0.3, 0.4) is 0 Å². The van der Waals surface area contributed by atoms with Crippen molar-refractivity contribution in [3.05, 3.63) is 36.4 Å². The van der Waals surface area contributed by atoms with Gasteiger partial charge in [-0.3, -0.25) is 10.1 Å². The van der Waals surface area contributed by atoms with E-state index in [1.54, 1.807) is 18.6 Å². The summed E-state index contributed by atoms with van der Waals surface area (Å²) in [5.41, 5.74) is 2.52. The monoisotopic (exact) mass is 226 g/mol. The molecule has 3 aromatic heterocycles. The second-order valence-corrected chi connectivity index (χ2v) is 3.64. The third-order valence-corrected chi connectivity index (χ3v) is 2.44. The van der Waals surface area contributed by atoms with Gasteiger partial charge in [-0.15, -0.1) is 0 Å². The topological polar surface area (TPSA) is 79.4 Å². The minimum atomic E-state index is 0.523. The standard InChI is InChI=1S/C11H10N6/c1-7-9-6-13-11(15-10(9)17-16-7)14-8-2-4-12-5-3-8/h2-6H,1H3,(H2,12,13,14,15,16,17). The van der Waals surface area contributed by atoms with E-state index in [0.717, 1.165) is 16.8 Å². The third-order valence-electron chi connectivity index (χ3n) is 2.44. The van der Waals surface area contributed by atoms with Gasteiger partial charge in [0.1, 0.15) is 0 Å². The van der Waals surface area contributed by atoms with Crippen molar-refractivity contribution in [1.29, 1.82) is 0 Å². The first kappa shape index (κ1) is 9.71. The maximum absolute atomic E-state index is 4.31. The molecule has 0 unspecified atom stereocenters. The molecule has 6 heteroatoms. The number of fused-ring (bicyclic) bond motifs is 1. The molecule has 84 valence electrons. The van der Waals surface area contributed by atoms with Gasteiger partial charge in [0, 0.05) is 30.0 Å². The van der Waals surface area contributed by atoms with Crippen LogP contribution in [0.15, 0.2) is 30.7 Å². The molecule has 0 saturated carbocycles. The number of nitrogens with zero attached hydrogens (tertiary/aromatic N) is 4. The normalized spacial score (nSPS) is 10.6. The van der Waals surface area contributed by atoms with Gasteiger partial charge in [-0.05, 0) is 19.1 Å². The van der Waals surface area contributed by atoms with E-state index in [1.165, 1.54) is 0 Å². The van der Waals surface area contributed by atoms with Crippen LogP contribution in [-0.4, -0.2) is 25.1 Å². The van der Waals surface area contributed by atoms with E-state index in [9.17, 15) is 0 Å². The Labute approximate surface area is 97.1 Å². The molecule has 0 aliphatic carbocycles. The number of rotatable bonds is 2. The minimum absolute atomic E-state index is 0.523. The maximum Gasteiger partial charge on any atom is 0.229 e. The van der Waals surface area contributed by atoms with Crippen molar-refractivity contribution in [1.82, 2.24) is 25.1 Å². The average molecular weight is 226 g/mol. The fourth-order valence-corrected chi connectivity index (χ4v) is 1.54. The summed E-state index contributed by atoms with van der Waals surface area (Å²) in [6.07, 6.45) is 5.17. The summed E-state index contributed by atoms with van der Waals surface area (Å²) < 4.78 is 0. The number of nitrogens with one attached hydrogen (secondary N) is 2. The van der Waals surface area contributed by atoms with Gasteiger partial charge >= 0.3 is 0 Å². The van der Waals surface area contributed by atoms with Gasteiger partial charge in [-0.25, -0.2) is 4.98 Å². The zero-order chi connectivity index (χ0) is 11.7. The number of hydrogen-bond donors (Lipinski definition) is 2. The Balaban J connectivity index is 1.96. The molecule has 17 heavy (non-hydrogen) atoms. The first-order valence-electron chi connectivity index (χ1n) is 5.18. The van der Waals surface area contributed by atoms with Gasteiger partial charge in [0.15, 0.2) is 5.65 Å². The number of pyridine rings is 1. The molecular weight excluding hydrogens is 216 g/mol. The molecular formula is C11H10N6. The van der Waals surface area contributed by atoms with E-state index in [2.05, 4.69) is 30.5 Å². The van der Waals surface area contributed by atoms with Gasteiger partial charge in [0.05, 0.1) is 5.39 Å². The quantitative estimate of drug-likeness (QED) is 0.696. The third kappa shape index (κ3) is 1.80. The summed E-state index contributed by atoms with van der Waals surface area (Å²) in [5, 5.41) is 11.0. The lowest BCUT2D eigenvalue weighted by Gasteiger charge is -2.02. The van der Waals surface area contributed by atoms with Crippen molar-refractivity contribution in [2.45, 2.75) is 6.92 Å². The number of aromatic amines is 1. The Morgan fingerprint density at radius 3 is 2.88 bits per heavy atom. The highest BCUT2D eigenvalue weighted by Gasteiger charge is 2.05. The van der Waals surface area contributed by atoms with E-state index < -0.39 is 0 Å². The number of aromatic nitrogens is 5. The summed E-state index contributed by atoms with van der Waals surface area (Å²) in [6, 6.07) is 3.70. The molecule has 0 radical (unpaired) electrons. The largest absolute Gasteiger partial charge is 0.324 e. The van der Waals surface area contributed by atoms with E-state index in [0.29, 0.717) is 11.6 Å². The van der Waals surface area contributed by atoms with Gasteiger partial charge in [-0.1, -0.05) is 0 Å². The molecule has 6 nitrogen and oxygen atoms in total. The summed E-state index contributed by atoms with van der Waals surface area (Å²) >= 11 is 0. The average Bonchev–Trinajstić information content (AvgIpc) is 2.72. The molecule has 0 amide bonds. The van der Waals surface area contributed by atoms with Crippen molar-refractivity contribution in [3.8, 4) is 0 Å². The first-order chi connectivity index (χ1) is 8.33. The first-order valence-corrected chi connectivity index (χ1v) is 5.18. The van der Waals surface area contributed by atoms with E-state index in [4.69, 9.17) is 0 Å². The van der Waals surface area contributed by atoms with Crippen molar-refractivity contribution in [3.63, 3.8) is 0 Å². The highest BCUT2D eigenvalue weighted by Crippen LogP contribution is 2.15. The van der Waals surface area contributed by atoms with Crippen LogP contribution in [-0.2, 0) is 0 Å². The smallest absolute Gasteiger partial charge is 0.229 e. The fourth-order valence-electron chi connectivity index (χ4n) is 1.54. The molecule has 2 N–H and O–H groups in total. The number of hydrogen-bond acceptors (Lipinski definition) is 5. The van der Waals surface area contributed by atoms with Gasteiger partial charge < -0.3 is 5.32 Å². The summed E-state index contributed by atoms with van der Waals surface area (Å²) in [6.45, 7) is 1.94. The fraction of sp³-hybridized carbons (Fsp3) is 0.0909. The SMILES string of the molecule is Cc1[nH]nc2nc(Nc3ccncc3)ncc12. The van der Waals surface area contributed by atoms with Crippen LogP contribution in [0.4, 0.5) is 11.6 Å². The van der Waals surface area contributed by atoms with E-state index in [-0.39, 0.29) is 0 Å². The molecule has 0 saturated heterocycles. The molecule has 0 spiro atoms. The summed E-state index contributed by atoms with van der Waals surface area (Å²) in [4.78, 5) is 12.5.